The molecule has 1 aromatic rings. The van der Waals surface area contributed by atoms with Gasteiger partial charge in [-0.15, -0.1) is 11.8 Å². The van der Waals surface area contributed by atoms with Gasteiger partial charge in [0.05, 0.1) is 5.75 Å². The molecule has 0 radical (unpaired) electrons. The Bertz CT molecular complexity index is 384. The van der Waals surface area contributed by atoms with Crippen molar-refractivity contribution in [2.24, 2.45) is 5.92 Å². The van der Waals surface area contributed by atoms with Crippen molar-refractivity contribution in [3.8, 4) is 0 Å². The van der Waals surface area contributed by atoms with E-state index in [1.54, 1.807) is 0 Å². The van der Waals surface area contributed by atoms with Crippen LogP contribution < -0.4 is 5.32 Å². The molecule has 0 saturated carbocycles. The van der Waals surface area contributed by atoms with E-state index in [2.05, 4.69) is 5.32 Å². The zero-order valence-electron chi connectivity index (χ0n) is 11.1. The maximum Gasteiger partial charge on any atom is 0.230 e. The van der Waals surface area contributed by atoms with E-state index in [1.165, 1.54) is 11.8 Å². The minimum Gasteiger partial charge on any atom is -0.396 e. The van der Waals surface area contributed by atoms with E-state index in [-0.39, 0.29) is 12.5 Å². The monoisotopic (exact) mass is 301 g/mol. The highest BCUT2D eigenvalue weighted by atomic mass is 35.5. The Kier molecular flexibility index (Phi) is 7.94. The van der Waals surface area contributed by atoms with Crippen LogP contribution in [0.3, 0.4) is 0 Å². The Balaban J connectivity index is 2.12. The van der Waals surface area contributed by atoms with Crippen LogP contribution in [-0.4, -0.2) is 29.9 Å². The Morgan fingerprint density at radius 1 is 1.42 bits per heavy atom. The summed E-state index contributed by atoms with van der Waals surface area (Å²) >= 11 is 7.29. The summed E-state index contributed by atoms with van der Waals surface area (Å²) in [5, 5.41) is 12.5. The second kappa shape index (κ2) is 9.23. The zero-order valence-corrected chi connectivity index (χ0v) is 12.6. The lowest BCUT2D eigenvalue weighted by Crippen LogP contribution is -2.26. The normalized spacial score (nSPS) is 12.2. The molecule has 0 bridgehead atoms. The topological polar surface area (TPSA) is 49.3 Å². The molecule has 0 aliphatic rings. The SMILES string of the molecule is CC(CO)CCCNC(=O)CSc1ccc(Cl)cc1. The van der Waals surface area contributed by atoms with Gasteiger partial charge in [0, 0.05) is 23.1 Å². The molecule has 5 heteroatoms. The van der Waals surface area contributed by atoms with Crippen LogP contribution in [0.1, 0.15) is 19.8 Å². The number of thioether (sulfide) groups is 1. The third-order valence-corrected chi connectivity index (χ3v) is 3.96. The molecule has 1 rings (SSSR count). The third-order valence-electron chi connectivity index (χ3n) is 2.69. The molecule has 0 heterocycles. The van der Waals surface area contributed by atoms with E-state index in [0.717, 1.165) is 17.7 Å². The summed E-state index contributed by atoms with van der Waals surface area (Å²) in [4.78, 5) is 12.6. The summed E-state index contributed by atoms with van der Waals surface area (Å²) in [5.74, 6) is 0.758. The van der Waals surface area contributed by atoms with Crippen molar-refractivity contribution < 1.29 is 9.90 Å². The molecule has 0 aromatic heterocycles. The zero-order chi connectivity index (χ0) is 14.1. The Labute approximate surface area is 123 Å². The fraction of sp³-hybridized carbons (Fsp3) is 0.500. The maximum absolute atomic E-state index is 11.6. The standard InChI is InChI=1S/C14H20ClNO2S/c1-11(9-17)3-2-8-16-14(18)10-19-13-6-4-12(15)5-7-13/h4-7,11,17H,2-3,8-10H2,1H3,(H,16,18). The van der Waals surface area contributed by atoms with Gasteiger partial charge in [0.15, 0.2) is 0 Å². The number of rotatable bonds is 8. The van der Waals surface area contributed by atoms with Crippen molar-refractivity contribution in [3.63, 3.8) is 0 Å². The first kappa shape index (κ1) is 16.3. The minimum atomic E-state index is 0.0385. The third kappa shape index (κ3) is 7.45. The largest absolute Gasteiger partial charge is 0.396 e. The van der Waals surface area contributed by atoms with Crippen molar-refractivity contribution in [3.05, 3.63) is 29.3 Å². The minimum absolute atomic E-state index is 0.0385. The number of amides is 1. The predicted molar refractivity (Wildman–Crippen MR) is 80.7 cm³/mol. The van der Waals surface area contributed by atoms with Crippen LogP contribution in [-0.2, 0) is 4.79 Å². The summed E-state index contributed by atoms with van der Waals surface area (Å²) in [7, 11) is 0. The summed E-state index contributed by atoms with van der Waals surface area (Å²) in [5.41, 5.74) is 0. The van der Waals surface area contributed by atoms with Gasteiger partial charge >= 0.3 is 0 Å². The second-order valence-corrected chi connectivity index (χ2v) is 6.01. The van der Waals surface area contributed by atoms with Gasteiger partial charge < -0.3 is 10.4 Å². The predicted octanol–water partition coefficient (Wildman–Crippen LogP) is 2.96. The second-order valence-electron chi connectivity index (χ2n) is 4.52. The van der Waals surface area contributed by atoms with Crippen LogP contribution in [0.2, 0.25) is 5.02 Å². The van der Waals surface area contributed by atoms with E-state index < -0.39 is 0 Å². The van der Waals surface area contributed by atoms with E-state index >= 15 is 0 Å². The molecule has 106 valence electrons. The molecule has 1 aromatic carbocycles. The number of carbonyl (C=O) groups is 1. The van der Waals surface area contributed by atoms with Gasteiger partial charge in [-0.1, -0.05) is 18.5 Å². The molecule has 0 spiro atoms. The number of aliphatic hydroxyl groups excluding tert-OH is 1. The van der Waals surface area contributed by atoms with Gasteiger partial charge in [-0.3, -0.25) is 4.79 Å². The van der Waals surface area contributed by atoms with Crippen LogP contribution in [0.4, 0.5) is 0 Å². The first-order valence-electron chi connectivity index (χ1n) is 6.37. The molecular formula is C14H20ClNO2S. The Hall–Kier alpha value is -0.710. The first-order chi connectivity index (χ1) is 9.11. The number of carbonyl (C=O) groups excluding carboxylic acids is 1. The van der Waals surface area contributed by atoms with Crippen LogP contribution in [0.5, 0.6) is 0 Å². The van der Waals surface area contributed by atoms with Gasteiger partial charge in [0.25, 0.3) is 0 Å². The highest BCUT2D eigenvalue weighted by molar-refractivity contribution is 8.00. The van der Waals surface area contributed by atoms with E-state index in [1.807, 2.05) is 31.2 Å². The van der Waals surface area contributed by atoms with E-state index in [4.69, 9.17) is 16.7 Å². The fourth-order valence-electron chi connectivity index (χ4n) is 1.50. The van der Waals surface area contributed by atoms with Gasteiger partial charge in [-0.25, -0.2) is 0 Å². The maximum atomic E-state index is 11.6. The molecule has 0 saturated heterocycles. The van der Waals surface area contributed by atoms with Gasteiger partial charge in [-0.2, -0.15) is 0 Å². The van der Waals surface area contributed by atoms with Gasteiger partial charge in [-0.05, 0) is 43.0 Å². The molecule has 19 heavy (non-hydrogen) atoms. The van der Waals surface area contributed by atoms with E-state index in [9.17, 15) is 4.79 Å². The van der Waals surface area contributed by atoms with Crippen molar-refractivity contribution in [2.75, 3.05) is 18.9 Å². The summed E-state index contributed by atoms with van der Waals surface area (Å²) < 4.78 is 0. The Morgan fingerprint density at radius 3 is 2.74 bits per heavy atom. The fourth-order valence-corrected chi connectivity index (χ4v) is 2.35. The number of nitrogens with one attached hydrogen (secondary N) is 1. The molecule has 1 unspecified atom stereocenters. The average molecular weight is 302 g/mol. The van der Waals surface area contributed by atoms with Crippen LogP contribution >= 0.6 is 23.4 Å². The lowest BCUT2D eigenvalue weighted by Gasteiger charge is -2.08. The van der Waals surface area contributed by atoms with E-state index in [0.29, 0.717) is 23.2 Å². The van der Waals surface area contributed by atoms with Gasteiger partial charge in [0.1, 0.15) is 0 Å². The van der Waals surface area contributed by atoms with Crippen LogP contribution in [0, 0.1) is 5.92 Å². The lowest BCUT2D eigenvalue weighted by atomic mass is 10.1. The average Bonchev–Trinajstić information content (AvgIpc) is 2.42. The molecular weight excluding hydrogens is 282 g/mol. The van der Waals surface area contributed by atoms with Crippen LogP contribution in [0.25, 0.3) is 0 Å². The lowest BCUT2D eigenvalue weighted by molar-refractivity contribution is -0.118. The highest BCUT2D eigenvalue weighted by Crippen LogP contribution is 2.19. The smallest absolute Gasteiger partial charge is 0.230 e. The first-order valence-corrected chi connectivity index (χ1v) is 7.74. The summed E-state index contributed by atoms with van der Waals surface area (Å²) in [6.45, 7) is 2.88. The van der Waals surface area contributed by atoms with Crippen molar-refractivity contribution in [2.45, 2.75) is 24.7 Å². The number of aliphatic hydroxyl groups is 1. The molecule has 2 N–H and O–H groups in total. The van der Waals surface area contributed by atoms with Crippen molar-refractivity contribution in [1.82, 2.24) is 5.32 Å². The number of hydrogen-bond acceptors (Lipinski definition) is 3. The molecule has 1 atom stereocenters. The Morgan fingerprint density at radius 2 is 2.11 bits per heavy atom. The molecule has 0 fully saturated rings. The molecule has 3 nitrogen and oxygen atoms in total. The van der Waals surface area contributed by atoms with Crippen molar-refractivity contribution >= 4 is 29.3 Å². The number of hydrogen-bond donors (Lipinski definition) is 2. The quantitative estimate of drug-likeness (QED) is 0.573. The van der Waals surface area contributed by atoms with Gasteiger partial charge in [0.2, 0.25) is 5.91 Å². The van der Waals surface area contributed by atoms with Crippen molar-refractivity contribution in [1.29, 1.82) is 0 Å². The summed E-state index contributed by atoms with van der Waals surface area (Å²) in [6.07, 6.45) is 1.83. The molecule has 1 amide bonds. The summed E-state index contributed by atoms with van der Waals surface area (Å²) in [6, 6.07) is 7.45. The van der Waals surface area contributed by atoms with Crippen LogP contribution in [0.15, 0.2) is 29.2 Å². The number of halogens is 1. The number of benzene rings is 1. The molecule has 0 aliphatic carbocycles. The highest BCUT2D eigenvalue weighted by Gasteiger charge is 2.03. The molecule has 0 aliphatic heterocycles.